The van der Waals surface area contributed by atoms with Gasteiger partial charge < -0.3 is 9.47 Å². The number of aldehydes is 1. The number of benzene rings is 3. The van der Waals surface area contributed by atoms with Gasteiger partial charge in [0.25, 0.3) is 0 Å². The largest absolute Gasteiger partial charge is 0.490 e. The van der Waals surface area contributed by atoms with Crippen LogP contribution in [0.2, 0.25) is 10.0 Å². The Bertz CT molecular complexity index is 1360. The van der Waals surface area contributed by atoms with E-state index in [1.807, 2.05) is 37.3 Å². The number of rotatable bonds is 10. The molecule has 0 aliphatic heterocycles. The molecular formula is C31H28Cl2NO3. The van der Waals surface area contributed by atoms with Crippen LogP contribution in [0.5, 0.6) is 11.5 Å². The van der Waals surface area contributed by atoms with Gasteiger partial charge in [-0.15, -0.1) is 0 Å². The highest BCUT2D eigenvalue weighted by atomic mass is 35.5. The fraction of sp³-hybridized carbons (Fsp3) is 0.194. The molecule has 0 aliphatic carbocycles. The van der Waals surface area contributed by atoms with Crippen molar-refractivity contribution in [2.24, 2.45) is 0 Å². The first-order chi connectivity index (χ1) is 17.9. The Balaban J connectivity index is 1.32. The molecule has 0 fully saturated rings. The lowest BCUT2D eigenvalue weighted by atomic mass is 9.89. The summed E-state index contributed by atoms with van der Waals surface area (Å²) in [4.78, 5) is 15.8. The first-order valence-electron chi connectivity index (χ1n) is 12.0. The number of nitrogens with zero attached hydrogens (tertiary/aromatic N) is 1. The number of carbonyl (C=O) groups is 1. The lowest BCUT2D eigenvalue weighted by molar-refractivity contribution is 0.112. The third-order valence-electron chi connectivity index (χ3n) is 6.10. The smallest absolute Gasteiger partial charge is 0.156 e. The summed E-state index contributed by atoms with van der Waals surface area (Å²) in [5.74, 6) is 1.31. The second kappa shape index (κ2) is 12.3. The Labute approximate surface area is 228 Å². The van der Waals surface area contributed by atoms with Crippen LogP contribution in [-0.2, 0) is 6.42 Å². The number of aryl methyl sites for hydroxylation is 2. The summed E-state index contributed by atoms with van der Waals surface area (Å²) in [6.45, 7) is 9.08. The normalized spacial score (nSPS) is 11.7. The van der Waals surface area contributed by atoms with Crippen molar-refractivity contribution in [2.75, 3.05) is 13.2 Å². The van der Waals surface area contributed by atoms with Gasteiger partial charge in [0.05, 0.1) is 15.7 Å². The van der Waals surface area contributed by atoms with Gasteiger partial charge in [0.15, 0.2) is 12.0 Å². The van der Waals surface area contributed by atoms with E-state index in [1.165, 1.54) is 11.1 Å². The fourth-order valence-corrected chi connectivity index (χ4v) is 4.98. The zero-order valence-corrected chi connectivity index (χ0v) is 22.4. The molecule has 1 atom stereocenters. The van der Waals surface area contributed by atoms with Crippen molar-refractivity contribution in [3.8, 4) is 22.8 Å². The van der Waals surface area contributed by atoms with E-state index in [9.17, 15) is 4.79 Å². The van der Waals surface area contributed by atoms with Crippen LogP contribution in [0, 0.1) is 20.8 Å². The van der Waals surface area contributed by atoms with E-state index in [4.69, 9.17) is 32.7 Å². The molecule has 3 aromatic carbocycles. The highest BCUT2D eigenvalue weighted by Crippen LogP contribution is 2.34. The molecule has 4 nitrogen and oxygen atoms in total. The maximum absolute atomic E-state index is 11.4. The highest BCUT2D eigenvalue weighted by Gasteiger charge is 2.13. The van der Waals surface area contributed by atoms with Crippen LogP contribution in [0.1, 0.15) is 38.5 Å². The number of hydrogen-bond donors (Lipinski definition) is 0. The molecule has 0 N–H and O–H groups in total. The third kappa shape index (κ3) is 6.71. The Morgan fingerprint density at radius 3 is 2.32 bits per heavy atom. The molecule has 0 saturated carbocycles. The van der Waals surface area contributed by atoms with E-state index in [0.717, 1.165) is 35.1 Å². The van der Waals surface area contributed by atoms with E-state index >= 15 is 0 Å². The molecule has 0 saturated heterocycles. The molecule has 6 heteroatoms. The maximum atomic E-state index is 11.4. The number of pyridine rings is 1. The second-order valence-corrected chi connectivity index (χ2v) is 9.74. The Hall–Kier alpha value is -3.34. The van der Waals surface area contributed by atoms with Crippen LogP contribution in [0.4, 0.5) is 0 Å². The summed E-state index contributed by atoms with van der Waals surface area (Å²) >= 11 is 12.4. The van der Waals surface area contributed by atoms with E-state index in [2.05, 4.69) is 43.1 Å². The minimum atomic E-state index is 0.0764. The minimum absolute atomic E-state index is 0.0764. The average Bonchev–Trinajstić information content (AvgIpc) is 2.88. The van der Waals surface area contributed by atoms with E-state index in [-0.39, 0.29) is 5.92 Å². The molecular weight excluding hydrogens is 505 g/mol. The molecule has 0 bridgehead atoms. The van der Waals surface area contributed by atoms with Crippen molar-refractivity contribution in [3.63, 3.8) is 0 Å². The molecule has 189 valence electrons. The van der Waals surface area contributed by atoms with E-state index in [0.29, 0.717) is 40.3 Å². The van der Waals surface area contributed by atoms with Crippen molar-refractivity contribution in [2.45, 2.75) is 26.2 Å². The van der Waals surface area contributed by atoms with Gasteiger partial charge in [-0.25, -0.2) is 0 Å². The lowest BCUT2D eigenvalue weighted by Crippen LogP contribution is -2.09. The molecule has 37 heavy (non-hydrogen) atoms. The van der Waals surface area contributed by atoms with Gasteiger partial charge >= 0.3 is 0 Å². The minimum Gasteiger partial charge on any atom is -0.490 e. The first-order valence-corrected chi connectivity index (χ1v) is 12.8. The molecule has 0 amide bonds. The summed E-state index contributed by atoms with van der Waals surface area (Å²) < 4.78 is 11.5. The molecule has 1 radical (unpaired) electrons. The van der Waals surface area contributed by atoms with Gasteiger partial charge in [-0.2, -0.15) is 0 Å². The third-order valence-corrected chi connectivity index (χ3v) is 6.66. The van der Waals surface area contributed by atoms with Gasteiger partial charge in [-0.3, -0.25) is 9.78 Å². The van der Waals surface area contributed by atoms with Gasteiger partial charge in [-0.05, 0) is 97.8 Å². The van der Waals surface area contributed by atoms with Crippen molar-refractivity contribution in [1.82, 2.24) is 4.98 Å². The summed E-state index contributed by atoms with van der Waals surface area (Å²) in [6, 6.07) is 21.3. The molecule has 1 heterocycles. The van der Waals surface area contributed by atoms with Crippen molar-refractivity contribution >= 4 is 29.5 Å². The Kier molecular flexibility index (Phi) is 8.86. The van der Waals surface area contributed by atoms with Crippen molar-refractivity contribution in [1.29, 1.82) is 0 Å². The molecule has 4 rings (SSSR count). The predicted octanol–water partition coefficient (Wildman–Crippen LogP) is 8.10. The highest BCUT2D eigenvalue weighted by molar-refractivity contribution is 6.37. The summed E-state index contributed by atoms with van der Waals surface area (Å²) in [6.07, 6.45) is 3.33. The summed E-state index contributed by atoms with van der Waals surface area (Å²) in [5.41, 5.74) is 6.63. The van der Waals surface area contributed by atoms with Crippen LogP contribution in [0.25, 0.3) is 11.3 Å². The molecule has 1 aromatic heterocycles. The topological polar surface area (TPSA) is 48.4 Å². The first kappa shape index (κ1) is 26.7. The monoisotopic (exact) mass is 532 g/mol. The van der Waals surface area contributed by atoms with Crippen LogP contribution in [0.3, 0.4) is 0 Å². The Morgan fingerprint density at radius 1 is 0.946 bits per heavy atom. The molecule has 0 aliphatic rings. The predicted molar refractivity (Wildman–Crippen MR) is 150 cm³/mol. The molecule has 0 spiro atoms. The summed E-state index contributed by atoms with van der Waals surface area (Å²) in [7, 11) is 0. The van der Waals surface area contributed by atoms with Crippen molar-refractivity contribution < 1.29 is 14.3 Å². The Morgan fingerprint density at radius 2 is 1.65 bits per heavy atom. The molecule has 4 aromatic rings. The van der Waals surface area contributed by atoms with E-state index in [1.54, 1.807) is 18.3 Å². The number of carbonyl (C=O) groups excluding carboxylic acids is 1. The van der Waals surface area contributed by atoms with Crippen LogP contribution < -0.4 is 9.47 Å². The lowest BCUT2D eigenvalue weighted by Gasteiger charge is -2.17. The summed E-state index contributed by atoms with van der Waals surface area (Å²) in [5, 5.41) is 0.980. The van der Waals surface area contributed by atoms with E-state index < -0.39 is 0 Å². The quantitative estimate of drug-likeness (QED) is 0.153. The average molecular weight is 533 g/mol. The number of halogens is 2. The fourth-order valence-electron chi connectivity index (χ4n) is 4.28. The zero-order valence-electron chi connectivity index (χ0n) is 20.8. The van der Waals surface area contributed by atoms with Gasteiger partial charge in [-0.1, -0.05) is 47.5 Å². The van der Waals surface area contributed by atoms with Crippen LogP contribution >= 0.6 is 23.2 Å². The van der Waals surface area contributed by atoms with Crippen molar-refractivity contribution in [3.05, 3.63) is 118 Å². The SMILES string of the molecule is [CH2]C(Cc1ccc(OCCOc2c(Cl)cc(C)cc2Cl)cc1)c1ccc(-c2ncccc2C=O)cc1C. The zero-order chi connectivity index (χ0) is 26.4. The number of aromatic nitrogens is 1. The maximum Gasteiger partial charge on any atom is 0.156 e. The number of ether oxygens (including phenoxy) is 2. The van der Waals surface area contributed by atoms with Crippen LogP contribution in [0.15, 0.2) is 72.9 Å². The van der Waals surface area contributed by atoms with Gasteiger partial charge in [0.2, 0.25) is 0 Å². The number of hydrogen-bond acceptors (Lipinski definition) is 4. The van der Waals surface area contributed by atoms with Gasteiger partial charge in [0.1, 0.15) is 19.0 Å². The van der Waals surface area contributed by atoms with Crippen LogP contribution in [-0.4, -0.2) is 24.5 Å². The standard InChI is InChI=1S/C31H28Cl2NO3/c1-20-15-28(32)31(29(33)16-20)37-14-13-36-26-9-6-23(7-10-26)17-21(2)27-11-8-24(18-22(27)3)30-25(19-35)5-4-12-34-30/h4-12,15-16,18-19,21H,2,13-14,17H2,1,3H3. The molecule has 1 unspecified atom stereocenters. The van der Waals surface area contributed by atoms with Gasteiger partial charge in [0, 0.05) is 17.3 Å². The second-order valence-electron chi connectivity index (χ2n) is 8.93.